The largest absolute Gasteiger partial charge is 0.376 e. The first-order valence-electron chi connectivity index (χ1n) is 3.76. The van der Waals surface area contributed by atoms with Gasteiger partial charge in [0.1, 0.15) is 0 Å². The van der Waals surface area contributed by atoms with Gasteiger partial charge in [0.05, 0.1) is 13.2 Å². The Morgan fingerprint density at radius 3 is 2.70 bits per heavy atom. The van der Waals surface area contributed by atoms with Crippen molar-refractivity contribution in [3.8, 4) is 0 Å². The zero-order valence-corrected chi connectivity index (χ0v) is 6.15. The van der Waals surface area contributed by atoms with E-state index in [0.29, 0.717) is 5.41 Å². The van der Waals surface area contributed by atoms with E-state index >= 15 is 0 Å². The number of hydrogen-bond donors (Lipinski definition) is 1. The highest BCUT2D eigenvalue weighted by Gasteiger charge is 2.39. The fourth-order valence-electron chi connectivity index (χ4n) is 1.75. The Morgan fingerprint density at radius 1 is 1.50 bits per heavy atom. The van der Waals surface area contributed by atoms with Gasteiger partial charge in [0.2, 0.25) is 0 Å². The zero-order valence-electron chi connectivity index (χ0n) is 6.15. The average Bonchev–Trinajstić information content (AvgIpc) is 1.85. The first-order valence-corrected chi connectivity index (χ1v) is 3.76. The summed E-state index contributed by atoms with van der Waals surface area (Å²) in [5, 5.41) is 3.27. The molecule has 2 rings (SSSR count). The standard InChI is InChI=1S/C8H13NO/c1-7-2-8(4-9-5-8)6-10-3-7/h9H,1-6H2. The molecule has 2 aliphatic heterocycles. The second kappa shape index (κ2) is 2.07. The molecule has 0 radical (unpaired) electrons. The Hall–Kier alpha value is -0.340. The number of rotatable bonds is 0. The molecule has 2 saturated heterocycles. The first-order chi connectivity index (χ1) is 4.81. The van der Waals surface area contributed by atoms with Gasteiger partial charge in [-0.3, -0.25) is 0 Å². The van der Waals surface area contributed by atoms with Crippen molar-refractivity contribution >= 4 is 0 Å². The minimum Gasteiger partial charge on any atom is -0.376 e. The quantitative estimate of drug-likeness (QED) is 0.495. The summed E-state index contributed by atoms with van der Waals surface area (Å²) in [6.45, 7) is 7.88. The Balaban J connectivity index is 2.02. The Labute approximate surface area is 61.3 Å². The molecule has 0 bridgehead atoms. The van der Waals surface area contributed by atoms with Gasteiger partial charge in [0.25, 0.3) is 0 Å². The molecule has 1 spiro atoms. The summed E-state index contributed by atoms with van der Waals surface area (Å²) in [7, 11) is 0. The lowest BCUT2D eigenvalue weighted by Crippen LogP contribution is -2.57. The summed E-state index contributed by atoms with van der Waals surface area (Å²) < 4.78 is 5.40. The van der Waals surface area contributed by atoms with Gasteiger partial charge >= 0.3 is 0 Å². The molecular weight excluding hydrogens is 126 g/mol. The second-order valence-corrected chi connectivity index (χ2v) is 3.52. The van der Waals surface area contributed by atoms with Crippen molar-refractivity contribution in [2.24, 2.45) is 5.41 Å². The third-order valence-electron chi connectivity index (χ3n) is 2.34. The van der Waals surface area contributed by atoms with Gasteiger partial charge in [0, 0.05) is 18.5 Å². The SMILES string of the molecule is C=C1COCC2(CNC2)C1. The van der Waals surface area contributed by atoms with Crippen LogP contribution in [0.25, 0.3) is 0 Å². The van der Waals surface area contributed by atoms with E-state index in [0.717, 1.165) is 26.3 Å². The van der Waals surface area contributed by atoms with Crippen molar-refractivity contribution in [2.75, 3.05) is 26.3 Å². The molecule has 0 unspecified atom stereocenters. The maximum atomic E-state index is 5.40. The van der Waals surface area contributed by atoms with Crippen molar-refractivity contribution in [1.82, 2.24) is 5.32 Å². The van der Waals surface area contributed by atoms with E-state index in [-0.39, 0.29) is 0 Å². The molecule has 0 aliphatic carbocycles. The summed E-state index contributed by atoms with van der Waals surface area (Å²) in [4.78, 5) is 0. The molecule has 0 aromatic rings. The van der Waals surface area contributed by atoms with Crippen molar-refractivity contribution in [3.63, 3.8) is 0 Å². The zero-order chi connectivity index (χ0) is 7.03. The highest BCUT2D eigenvalue weighted by atomic mass is 16.5. The van der Waals surface area contributed by atoms with E-state index in [1.165, 1.54) is 12.0 Å². The smallest absolute Gasteiger partial charge is 0.0674 e. The van der Waals surface area contributed by atoms with Gasteiger partial charge in [-0.1, -0.05) is 12.2 Å². The van der Waals surface area contributed by atoms with Crippen molar-refractivity contribution in [1.29, 1.82) is 0 Å². The minimum atomic E-state index is 0.440. The van der Waals surface area contributed by atoms with Crippen LogP contribution in [0.5, 0.6) is 0 Å². The molecule has 2 heterocycles. The van der Waals surface area contributed by atoms with E-state index in [4.69, 9.17) is 4.74 Å². The van der Waals surface area contributed by atoms with Gasteiger partial charge in [-0.05, 0) is 6.42 Å². The van der Waals surface area contributed by atoms with Crippen molar-refractivity contribution < 1.29 is 4.74 Å². The molecule has 0 atom stereocenters. The molecule has 56 valence electrons. The predicted molar refractivity (Wildman–Crippen MR) is 39.9 cm³/mol. The average molecular weight is 139 g/mol. The molecular formula is C8H13NO. The molecule has 10 heavy (non-hydrogen) atoms. The van der Waals surface area contributed by atoms with Crippen LogP contribution in [0.4, 0.5) is 0 Å². The van der Waals surface area contributed by atoms with E-state index in [1.54, 1.807) is 0 Å². The summed E-state index contributed by atoms with van der Waals surface area (Å²) in [5.41, 5.74) is 1.70. The third-order valence-corrected chi connectivity index (χ3v) is 2.34. The predicted octanol–water partition coefficient (Wildman–Crippen LogP) is 0.552. The van der Waals surface area contributed by atoms with Crippen LogP contribution in [0.3, 0.4) is 0 Å². The molecule has 2 fully saturated rings. The van der Waals surface area contributed by atoms with Crippen LogP contribution >= 0.6 is 0 Å². The van der Waals surface area contributed by atoms with E-state index in [9.17, 15) is 0 Å². The van der Waals surface area contributed by atoms with Crippen molar-refractivity contribution in [2.45, 2.75) is 6.42 Å². The van der Waals surface area contributed by atoms with Gasteiger partial charge in [-0.25, -0.2) is 0 Å². The maximum Gasteiger partial charge on any atom is 0.0674 e. The van der Waals surface area contributed by atoms with Gasteiger partial charge < -0.3 is 10.1 Å². The summed E-state index contributed by atoms with van der Waals surface area (Å²) in [6.07, 6.45) is 1.17. The summed E-state index contributed by atoms with van der Waals surface area (Å²) >= 11 is 0. The molecule has 2 heteroatoms. The van der Waals surface area contributed by atoms with Gasteiger partial charge in [-0.2, -0.15) is 0 Å². The molecule has 0 amide bonds. The minimum absolute atomic E-state index is 0.440. The van der Waals surface area contributed by atoms with Crippen LogP contribution < -0.4 is 5.32 Å². The van der Waals surface area contributed by atoms with Crippen LogP contribution in [0.2, 0.25) is 0 Å². The summed E-state index contributed by atoms with van der Waals surface area (Å²) in [5.74, 6) is 0. The Bertz CT molecular complexity index is 161. The molecule has 0 aromatic heterocycles. The third kappa shape index (κ3) is 0.879. The highest BCUT2D eigenvalue weighted by molar-refractivity contribution is 5.08. The summed E-state index contributed by atoms with van der Waals surface area (Å²) in [6, 6.07) is 0. The van der Waals surface area contributed by atoms with E-state index in [1.807, 2.05) is 0 Å². The number of hydrogen-bond acceptors (Lipinski definition) is 2. The highest BCUT2D eigenvalue weighted by Crippen LogP contribution is 2.33. The van der Waals surface area contributed by atoms with Crippen molar-refractivity contribution in [3.05, 3.63) is 12.2 Å². The van der Waals surface area contributed by atoms with Crippen LogP contribution in [0.15, 0.2) is 12.2 Å². The first kappa shape index (κ1) is 6.38. The normalized spacial score (nSPS) is 30.2. The molecule has 0 saturated carbocycles. The number of nitrogens with one attached hydrogen (secondary N) is 1. The van der Waals surface area contributed by atoms with Gasteiger partial charge in [0.15, 0.2) is 0 Å². The van der Waals surface area contributed by atoms with Crippen LogP contribution in [-0.2, 0) is 4.74 Å². The lowest BCUT2D eigenvalue weighted by molar-refractivity contribution is -0.00915. The lowest BCUT2D eigenvalue weighted by atomic mass is 9.76. The van der Waals surface area contributed by atoms with Crippen LogP contribution in [0.1, 0.15) is 6.42 Å². The van der Waals surface area contributed by atoms with Crippen LogP contribution in [0, 0.1) is 5.41 Å². The fourth-order valence-corrected chi connectivity index (χ4v) is 1.75. The molecule has 1 N–H and O–H groups in total. The van der Waals surface area contributed by atoms with E-state index < -0.39 is 0 Å². The lowest BCUT2D eigenvalue weighted by Gasteiger charge is -2.45. The van der Waals surface area contributed by atoms with E-state index in [2.05, 4.69) is 11.9 Å². The second-order valence-electron chi connectivity index (χ2n) is 3.52. The Morgan fingerprint density at radius 2 is 2.30 bits per heavy atom. The fraction of sp³-hybridized carbons (Fsp3) is 0.750. The van der Waals surface area contributed by atoms with Crippen LogP contribution in [-0.4, -0.2) is 26.3 Å². The monoisotopic (exact) mass is 139 g/mol. The maximum absolute atomic E-state index is 5.40. The molecule has 0 aromatic carbocycles. The number of ether oxygens (including phenoxy) is 1. The molecule has 2 nitrogen and oxygen atoms in total. The Kier molecular flexibility index (Phi) is 1.32. The molecule has 2 aliphatic rings. The van der Waals surface area contributed by atoms with Gasteiger partial charge in [-0.15, -0.1) is 0 Å². The topological polar surface area (TPSA) is 21.3 Å².